The summed E-state index contributed by atoms with van der Waals surface area (Å²) in [4.78, 5) is 4.73. The number of rotatable bonds is 4. The maximum absolute atomic E-state index is 4.73. The van der Waals surface area contributed by atoms with Crippen LogP contribution < -0.4 is 0 Å². The third-order valence-electron chi connectivity index (χ3n) is 4.51. The van der Waals surface area contributed by atoms with E-state index in [1.165, 1.54) is 0 Å². The van der Waals surface area contributed by atoms with Gasteiger partial charge in [0.25, 0.3) is 0 Å². The summed E-state index contributed by atoms with van der Waals surface area (Å²) in [5, 5.41) is 9.33. The predicted octanol–water partition coefficient (Wildman–Crippen LogP) is 4.79. The fraction of sp³-hybridized carbons (Fsp3) is 0. The van der Waals surface area contributed by atoms with E-state index in [1.807, 2.05) is 103 Å². The van der Waals surface area contributed by atoms with Crippen molar-refractivity contribution < 1.29 is 0 Å². The molecule has 0 saturated heterocycles. The molecule has 0 saturated carbocycles. The summed E-state index contributed by atoms with van der Waals surface area (Å²) in [5.74, 6) is 1.49. The van der Waals surface area contributed by atoms with Gasteiger partial charge in [-0.2, -0.15) is 10.2 Å². The molecule has 0 aliphatic heterocycles. The number of benzene rings is 2. The lowest BCUT2D eigenvalue weighted by Crippen LogP contribution is -2.04. The molecular weight excluding hydrogens is 346 g/mol. The number of nitrogens with zero attached hydrogens (tertiary/aromatic N) is 5. The Labute approximate surface area is 162 Å². The first-order valence-electron chi connectivity index (χ1n) is 9.07. The number of pyridine rings is 1. The van der Waals surface area contributed by atoms with Crippen molar-refractivity contribution in [2.75, 3.05) is 0 Å². The lowest BCUT2D eigenvalue weighted by Gasteiger charge is -2.05. The molecular formula is C23H17N5. The molecule has 5 rings (SSSR count). The zero-order chi connectivity index (χ0) is 18.8. The second-order valence-electron chi connectivity index (χ2n) is 6.38. The Morgan fingerprint density at radius 2 is 0.929 bits per heavy atom. The highest BCUT2D eigenvalue weighted by molar-refractivity contribution is 5.59. The highest BCUT2D eigenvalue weighted by atomic mass is 15.3. The van der Waals surface area contributed by atoms with Gasteiger partial charge >= 0.3 is 0 Å². The van der Waals surface area contributed by atoms with Crippen LogP contribution in [0, 0.1) is 0 Å². The molecule has 3 aromatic heterocycles. The number of hydrogen-bond donors (Lipinski definition) is 0. The first-order valence-corrected chi connectivity index (χ1v) is 9.07. The van der Waals surface area contributed by atoms with Gasteiger partial charge < -0.3 is 0 Å². The minimum Gasteiger partial charge on any atom is -0.222 e. The van der Waals surface area contributed by atoms with Crippen LogP contribution in [-0.4, -0.2) is 24.5 Å². The quantitative estimate of drug-likeness (QED) is 0.461. The van der Waals surface area contributed by atoms with Crippen LogP contribution in [0.1, 0.15) is 0 Å². The molecule has 2 aromatic carbocycles. The monoisotopic (exact) mass is 363 g/mol. The molecule has 0 N–H and O–H groups in total. The summed E-state index contributed by atoms with van der Waals surface area (Å²) in [7, 11) is 0. The van der Waals surface area contributed by atoms with Crippen LogP contribution >= 0.6 is 0 Å². The summed E-state index contributed by atoms with van der Waals surface area (Å²) in [5.41, 5.74) is 3.99. The van der Waals surface area contributed by atoms with E-state index in [9.17, 15) is 0 Å². The number of aromatic nitrogens is 5. The smallest absolute Gasteiger partial charge is 0.155 e. The van der Waals surface area contributed by atoms with E-state index in [-0.39, 0.29) is 0 Å². The lowest BCUT2D eigenvalue weighted by atomic mass is 10.2. The molecule has 0 spiro atoms. The van der Waals surface area contributed by atoms with E-state index in [0.717, 1.165) is 34.2 Å². The third kappa shape index (κ3) is 3.10. The fourth-order valence-electron chi connectivity index (χ4n) is 3.10. The minimum atomic E-state index is 0.747. The van der Waals surface area contributed by atoms with Gasteiger partial charge in [0.1, 0.15) is 0 Å². The van der Waals surface area contributed by atoms with Crippen molar-refractivity contribution >= 4 is 0 Å². The van der Waals surface area contributed by atoms with Crippen LogP contribution in [0.15, 0.2) is 103 Å². The molecule has 0 aliphatic rings. The van der Waals surface area contributed by atoms with E-state index < -0.39 is 0 Å². The molecule has 0 atom stereocenters. The lowest BCUT2D eigenvalue weighted by molar-refractivity contribution is 0.806. The first-order chi connectivity index (χ1) is 13.9. The van der Waals surface area contributed by atoms with E-state index >= 15 is 0 Å². The molecule has 0 aliphatic carbocycles. The molecule has 3 heterocycles. The van der Waals surface area contributed by atoms with Gasteiger partial charge in [0.05, 0.1) is 11.4 Å². The summed E-state index contributed by atoms with van der Waals surface area (Å²) < 4.78 is 3.57. The maximum atomic E-state index is 4.73. The van der Waals surface area contributed by atoms with Crippen LogP contribution in [0.2, 0.25) is 0 Å². The maximum Gasteiger partial charge on any atom is 0.155 e. The predicted molar refractivity (Wildman–Crippen MR) is 109 cm³/mol. The first kappa shape index (κ1) is 16.2. The van der Waals surface area contributed by atoms with E-state index in [2.05, 4.69) is 10.2 Å². The Morgan fingerprint density at radius 3 is 1.39 bits per heavy atom. The van der Waals surface area contributed by atoms with Gasteiger partial charge in [-0.25, -0.2) is 14.3 Å². The Balaban J connectivity index is 1.46. The van der Waals surface area contributed by atoms with E-state index in [0.29, 0.717) is 0 Å². The van der Waals surface area contributed by atoms with Crippen LogP contribution in [0.4, 0.5) is 0 Å². The number of hydrogen-bond acceptors (Lipinski definition) is 3. The average Bonchev–Trinajstić information content (AvgIpc) is 3.46. The SMILES string of the molecule is c1ccc(-c2ccn(-c3cccc(-n4ccc(-c5ccccc5)n4)n3)n2)cc1. The average molecular weight is 363 g/mol. The second kappa shape index (κ2) is 6.96. The van der Waals surface area contributed by atoms with Gasteiger partial charge in [-0.1, -0.05) is 66.7 Å². The third-order valence-corrected chi connectivity index (χ3v) is 4.51. The van der Waals surface area contributed by atoms with Gasteiger partial charge in [-0.3, -0.25) is 0 Å². The summed E-state index contributed by atoms with van der Waals surface area (Å²) in [6.45, 7) is 0. The van der Waals surface area contributed by atoms with Crippen LogP contribution in [0.25, 0.3) is 34.2 Å². The fourth-order valence-corrected chi connectivity index (χ4v) is 3.10. The largest absolute Gasteiger partial charge is 0.222 e. The Morgan fingerprint density at radius 1 is 0.464 bits per heavy atom. The molecule has 0 amide bonds. The highest BCUT2D eigenvalue weighted by Crippen LogP contribution is 2.19. The van der Waals surface area contributed by atoms with Gasteiger partial charge in [-0.15, -0.1) is 0 Å². The normalized spacial score (nSPS) is 10.9. The molecule has 5 heteroatoms. The minimum absolute atomic E-state index is 0.747. The zero-order valence-electron chi connectivity index (χ0n) is 15.1. The van der Waals surface area contributed by atoms with Gasteiger partial charge in [0.2, 0.25) is 0 Å². The molecule has 5 nitrogen and oxygen atoms in total. The van der Waals surface area contributed by atoms with Crippen LogP contribution in [-0.2, 0) is 0 Å². The van der Waals surface area contributed by atoms with Crippen molar-refractivity contribution in [3.05, 3.63) is 103 Å². The van der Waals surface area contributed by atoms with Crippen LogP contribution in [0.3, 0.4) is 0 Å². The molecule has 134 valence electrons. The molecule has 0 bridgehead atoms. The van der Waals surface area contributed by atoms with E-state index in [4.69, 9.17) is 4.98 Å². The summed E-state index contributed by atoms with van der Waals surface area (Å²) in [6.07, 6.45) is 3.85. The molecule has 5 aromatic rings. The summed E-state index contributed by atoms with van der Waals surface area (Å²) >= 11 is 0. The Bertz CT molecular complexity index is 1110. The van der Waals surface area contributed by atoms with Gasteiger partial charge in [0.15, 0.2) is 11.6 Å². The zero-order valence-corrected chi connectivity index (χ0v) is 15.1. The summed E-state index contributed by atoms with van der Waals surface area (Å²) in [6, 6.07) is 30.0. The van der Waals surface area contributed by atoms with Crippen molar-refractivity contribution in [1.82, 2.24) is 24.5 Å². The molecule has 0 fully saturated rings. The standard InChI is InChI=1S/C23H17N5/c1-3-8-18(9-4-1)20-14-16-27(25-20)22-12-7-13-23(24-22)28-17-15-21(26-28)19-10-5-2-6-11-19/h1-17H. The van der Waals surface area contributed by atoms with E-state index in [1.54, 1.807) is 9.36 Å². The Hall–Kier alpha value is -3.99. The molecule has 0 unspecified atom stereocenters. The second-order valence-corrected chi connectivity index (χ2v) is 6.38. The van der Waals surface area contributed by atoms with Gasteiger partial charge in [-0.05, 0) is 24.3 Å². The highest BCUT2D eigenvalue weighted by Gasteiger charge is 2.08. The molecule has 28 heavy (non-hydrogen) atoms. The van der Waals surface area contributed by atoms with Crippen molar-refractivity contribution in [2.45, 2.75) is 0 Å². The Kier molecular flexibility index (Phi) is 4.03. The topological polar surface area (TPSA) is 48.5 Å². The van der Waals surface area contributed by atoms with Crippen molar-refractivity contribution in [2.24, 2.45) is 0 Å². The van der Waals surface area contributed by atoms with Crippen molar-refractivity contribution in [1.29, 1.82) is 0 Å². The van der Waals surface area contributed by atoms with Crippen molar-refractivity contribution in [3.8, 4) is 34.2 Å². The molecule has 0 radical (unpaired) electrons. The van der Waals surface area contributed by atoms with Crippen LogP contribution in [0.5, 0.6) is 0 Å². The van der Waals surface area contributed by atoms with Crippen molar-refractivity contribution in [3.63, 3.8) is 0 Å². The van der Waals surface area contributed by atoms with Gasteiger partial charge in [0, 0.05) is 23.5 Å².